The zero-order valence-corrected chi connectivity index (χ0v) is 21.1. The summed E-state index contributed by atoms with van der Waals surface area (Å²) in [7, 11) is 3.81. The van der Waals surface area contributed by atoms with E-state index in [2.05, 4.69) is 0 Å². The lowest BCUT2D eigenvalue weighted by Crippen LogP contribution is -2.68. The number of hydrogen-bond acceptors (Lipinski definition) is 10. The van der Waals surface area contributed by atoms with Gasteiger partial charge in [0, 0.05) is 25.0 Å². The molecule has 2 saturated carbocycles. The quantitative estimate of drug-likeness (QED) is 0.187. The van der Waals surface area contributed by atoms with Crippen LogP contribution >= 0.6 is 0 Å². The van der Waals surface area contributed by atoms with E-state index in [4.69, 9.17) is 10.5 Å². The summed E-state index contributed by atoms with van der Waals surface area (Å²) in [6, 6.07) is 2.79. The van der Waals surface area contributed by atoms with Crippen molar-refractivity contribution < 1.29 is 43.7 Å². The third-order valence-electron chi connectivity index (χ3n) is 7.71. The van der Waals surface area contributed by atoms with E-state index in [1.54, 1.807) is 0 Å². The Morgan fingerprint density at radius 2 is 1.87 bits per heavy atom. The maximum absolute atomic E-state index is 13.5. The molecular formula is C27H30N2O9. The minimum Gasteiger partial charge on any atom is -0.507 e. The van der Waals surface area contributed by atoms with Crippen molar-refractivity contribution >= 4 is 41.1 Å². The Morgan fingerprint density at radius 1 is 1.16 bits per heavy atom. The lowest BCUT2D eigenvalue weighted by atomic mass is 9.53. The van der Waals surface area contributed by atoms with Gasteiger partial charge in [-0.2, -0.15) is 0 Å². The van der Waals surface area contributed by atoms with Crippen molar-refractivity contribution in [3.8, 4) is 5.75 Å². The van der Waals surface area contributed by atoms with Crippen molar-refractivity contribution in [2.75, 3.05) is 27.2 Å². The Hall–Kier alpha value is -3.70. The van der Waals surface area contributed by atoms with E-state index in [9.17, 15) is 39.0 Å². The molecule has 3 aliphatic rings. The first-order valence-corrected chi connectivity index (χ1v) is 12.4. The van der Waals surface area contributed by atoms with E-state index in [0.717, 1.165) is 6.54 Å². The molecule has 5 atom stereocenters. The lowest BCUT2D eigenvalue weighted by Gasteiger charge is -2.48. The van der Waals surface area contributed by atoms with E-state index in [-0.39, 0.29) is 30.8 Å². The van der Waals surface area contributed by atoms with E-state index < -0.39 is 70.7 Å². The third-order valence-corrected chi connectivity index (χ3v) is 7.71. The molecule has 1 aromatic carbocycles. The van der Waals surface area contributed by atoms with Gasteiger partial charge in [0.15, 0.2) is 34.7 Å². The standard InChI is InChI=1S/C27H30N2O9/c1-29(2)8-3-9-38-19(32)7-5-13-4-6-17(30)21-16(13)11-14-10-15-12-18(31)22(26(28)36)25(35)27(15,37)24(34)20(14)23(21)33/h4-7,14-15,20,22,30,37H,3,8-12H2,1-2H3,(H2,28,36)/t14-,15+,20?,22?,27+/m1/s1. The molecule has 0 saturated heterocycles. The molecule has 2 fully saturated rings. The van der Waals surface area contributed by atoms with Crippen molar-refractivity contribution in [2.45, 2.75) is 31.3 Å². The molecule has 4 rings (SSSR count). The second kappa shape index (κ2) is 10.2. The number of carbonyl (C=O) groups excluding carboxylic acids is 6. The SMILES string of the molecule is CN(C)CCCOC(=O)C=Cc1ccc(O)c2c1C[C@H]1C[C@H]3CC(=O)C(C(N)=O)C(=O)[C@@]3(O)C(=O)C1C2=O. The molecule has 3 aliphatic carbocycles. The first-order chi connectivity index (χ1) is 17.9. The van der Waals surface area contributed by atoms with Crippen LogP contribution in [0.25, 0.3) is 6.08 Å². The average molecular weight is 527 g/mol. The van der Waals surface area contributed by atoms with Gasteiger partial charge in [0.05, 0.1) is 18.1 Å². The van der Waals surface area contributed by atoms with Crippen LogP contribution in [0, 0.1) is 23.7 Å². The first kappa shape index (κ1) is 27.3. The summed E-state index contributed by atoms with van der Waals surface area (Å²) in [5.41, 5.74) is 3.24. The Kier molecular flexibility index (Phi) is 7.35. The van der Waals surface area contributed by atoms with Gasteiger partial charge in [-0.1, -0.05) is 6.07 Å². The number of phenolic OH excluding ortho intramolecular Hbond substituents is 1. The second-order valence-electron chi connectivity index (χ2n) is 10.4. The molecular weight excluding hydrogens is 496 g/mol. The largest absolute Gasteiger partial charge is 0.507 e. The smallest absolute Gasteiger partial charge is 0.330 e. The predicted molar refractivity (Wildman–Crippen MR) is 132 cm³/mol. The van der Waals surface area contributed by atoms with Crippen LogP contribution in [0.3, 0.4) is 0 Å². The maximum atomic E-state index is 13.5. The number of phenols is 1. The Bertz CT molecular complexity index is 1270. The molecule has 0 aliphatic heterocycles. The van der Waals surface area contributed by atoms with Crippen LogP contribution in [0.1, 0.15) is 40.7 Å². The van der Waals surface area contributed by atoms with Crippen LogP contribution in [-0.2, 0) is 35.1 Å². The Labute approximate surface area is 218 Å². The highest BCUT2D eigenvalue weighted by atomic mass is 16.5. The number of nitrogens with two attached hydrogens (primary N) is 1. The molecule has 202 valence electrons. The highest BCUT2D eigenvalue weighted by molar-refractivity contribution is 6.31. The van der Waals surface area contributed by atoms with Crippen molar-refractivity contribution in [1.82, 2.24) is 4.90 Å². The van der Waals surface area contributed by atoms with Gasteiger partial charge in [0.2, 0.25) is 5.91 Å². The summed E-state index contributed by atoms with van der Waals surface area (Å²) in [4.78, 5) is 78.2. The van der Waals surface area contributed by atoms with E-state index in [0.29, 0.717) is 17.5 Å². The molecule has 11 nitrogen and oxygen atoms in total. The third kappa shape index (κ3) is 4.56. The molecule has 2 unspecified atom stereocenters. The number of rotatable bonds is 7. The van der Waals surface area contributed by atoms with Crippen LogP contribution < -0.4 is 5.73 Å². The molecule has 0 bridgehead atoms. The molecule has 11 heteroatoms. The molecule has 0 heterocycles. The van der Waals surface area contributed by atoms with Gasteiger partial charge in [-0.05, 0) is 62.5 Å². The maximum Gasteiger partial charge on any atom is 0.330 e. The van der Waals surface area contributed by atoms with Gasteiger partial charge in [-0.3, -0.25) is 24.0 Å². The van der Waals surface area contributed by atoms with Crippen molar-refractivity contribution in [2.24, 2.45) is 29.4 Å². The normalized spacial score (nSPS) is 28.7. The number of aliphatic hydroxyl groups is 1. The fourth-order valence-electron chi connectivity index (χ4n) is 5.91. The fraction of sp³-hybridized carbons (Fsp3) is 0.481. The summed E-state index contributed by atoms with van der Waals surface area (Å²) in [5, 5.41) is 21.7. The summed E-state index contributed by atoms with van der Waals surface area (Å²) in [5.74, 6) is -11.3. The average Bonchev–Trinajstić information content (AvgIpc) is 2.83. The lowest BCUT2D eigenvalue weighted by molar-refractivity contribution is -0.175. The van der Waals surface area contributed by atoms with Gasteiger partial charge < -0.3 is 25.6 Å². The summed E-state index contributed by atoms with van der Waals surface area (Å²) in [6.45, 7) is 0.986. The molecule has 1 amide bonds. The first-order valence-electron chi connectivity index (χ1n) is 12.4. The monoisotopic (exact) mass is 526 g/mol. The second-order valence-corrected chi connectivity index (χ2v) is 10.4. The molecule has 0 aromatic heterocycles. The zero-order valence-electron chi connectivity index (χ0n) is 21.1. The van der Waals surface area contributed by atoms with E-state index in [1.807, 2.05) is 19.0 Å². The molecule has 0 radical (unpaired) electrons. The van der Waals surface area contributed by atoms with Crippen LogP contribution in [0.2, 0.25) is 0 Å². The number of hydrogen-bond donors (Lipinski definition) is 3. The number of ketones is 4. The van der Waals surface area contributed by atoms with E-state index >= 15 is 0 Å². The number of Topliss-reactive ketones (excluding diaryl/α,β-unsaturated/α-hetero) is 4. The number of nitrogens with zero attached hydrogens (tertiary/aromatic N) is 1. The van der Waals surface area contributed by atoms with Gasteiger partial charge in [-0.15, -0.1) is 0 Å². The van der Waals surface area contributed by atoms with Gasteiger partial charge in [-0.25, -0.2) is 4.79 Å². The highest BCUT2D eigenvalue weighted by Crippen LogP contribution is 2.50. The zero-order chi connectivity index (χ0) is 27.9. The highest BCUT2D eigenvalue weighted by Gasteiger charge is 2.66. The minimum atomic E-state index is -2.69. The number of amides is 1. The molecule has 0 spiro atoms. The Morgan fingerprint density at radius 3 is 2.53 bits per heavy atom. The number of esters is 1. The number of ether oxygens (including phenoxy) is 1. The predicted octanol–water partition coefficient (Wildman–Crippen LogP) is -0.165. The van der Waals surface area contributed by atoms with Crippen LogP contribution in [-0.4, -0.2) is 83.0 Å². The summed E-state index contributed by atoms with van der Waals surface area (Å²) < 4.78 is 5.18. The number of benzene rings is 1. The van der Waals surface area contributed by atoms with Crippen LogP contribution in [0.4, 0.5) is 0 Å². The number of fused-ring (bicyclic) bond motifs is 3. The Balaban J connectivity index is 1.62. The topological polar surface area (TPSA) is 181 Å². The molecule has 38 heavy (non-hydrogen) atoms. The molecule has 1 aromatic rings. The summed E-state index contributed by atoms with van der Waals surface area (Å²) >= 11 is 0. The minimum absolute atomic E-state index is 0.00617. The van der Waals surface area contributed by atoms with Gasteiger partial charge >= 0.3 is 5.97 Å². The van der Waals surface area contributed by atoms with Gasteiger partial charge in [0.1, 0.15) is 5.75 Å². The van der Waals surface area contributed by atoms with Gasteiger partial charge in [0.25, 0.3) is 0 Å². The number of primary amides is 1. The van der Waals surface area contributed by atoms with Crippen molar-refractivity contribution in [3.63, 3.8) is 0 Å². The van der Waals surface area contributed by atoms with Crippen LogP contribution in [0.15, 0.2) is 18.2 Å². The van der Waals surface area contributed by atoms with Crippen LogP contribution in [0.5, 0.6) is 5.75 Å². The molecule has 4 N–H and O–H groups in total. The van der Waals surface area contributed by atoms with Crippen molar-refractivity contribution in [1.29, 1.82) is 0 Å². The fourth-order valence-corrected chi connectivity index (χ4v) is 5.91. The van der Waals surface area contributed by atoms with Crippen molar-refractivity contribution in [3.05, 3.63) is 34.9 Å². The summed E-state index contributed by atoms with van der Waals surface area (Å²) in [6.07, 6.45) is 3.05. The number of aromatic hydroxyl groups is 1. The van der Waals surface area contributed by atoms with E-state index in [1.165, 1.54) is 24.3 Å². The number of carbonyl (C=O) groups is 6.